The number of alkyl halides is 3. The molecule has 0 heterocycles. The molecule has 0 saturated carbocycles. The number of hydrogen-bond donors (Lipinski definition) is 0. The summed E-state index contributed by atoms with van der Waals surface area (Å²) >= 11 is 0. The fraction of sp³-hybridized carbons (Fsp3) is 0.154. The second kappa shape index (κ2) is 7.94. The van der Waals surface area contributed by atoms with Crippen LogP contribution in [0.25, 0.3) is 33.0 Å². The fourth-order valence-corrected chi connectivity index (χ4v) is 3.69. The van der Waals surface area contributed by atoms with E-state index in [9.17, 15) is 17.6 Å². The molecule has 0 nitrogen and oxygen atoms in total. The number of fused-ring (bicyclic) bond motifs is 1. The molecule has 0 bridgehead atoms. The predicted octanol–water partition coefficient (Wildman–Crippen LogP) is 8.28. The smallest absolute Gasteiger partial charge is 0.206 e. The van der Waals surface area contributed by atoms with Gasteiger partial charge in [0.15, 0.2) is 0 Å². The third-order valence-corrected chi connectivity index (χ3v) is 5.27. The number of aryl methyl sites for hydroxylation is 1. The number of rotatable bonds is 4. The zero-order valence-electron chi connectivity index (χ0n) is 16.4. The van der Waals surface area contributed by atoms with Crippen molar-refractivity contribution in [2.24, 2.45) is 0 Å². The summed E-state index contributed by atoms with van der Waals surface area (Å²) in [5.41, 5.74) is 2.85. The van der Waals surface area contributed by atoms with Gasteiger partial charge >= 0.3 is 6.18 Å². The van der Waals surface area contributed by atoms with Crippen molar-refractivity contribution in [1.82, 2.24) is 0 Å². The molecule has 0 spiro atoms. The van der Waals surface area contributed by atoms with Crippen LogP contribution >= 0.6 is 0 Å². The lowest BCUT2D eigenvalue weighted by Gasteiger charge is -2.10. The summed E-state index contributed by atoms with van der Waals surface area (Å²) in [7, 11) is 0. The van der Waals surface area contributed by atoms with E-state index in [0.717, 1.165) is 46.9 Å². The molecule has 0 aliphatic carbocycles. The Bertz CT molecular complexity index is 1190. The average Bonchev–Trinajstić information content (AvgIpc) is 2.73. The lowest BCUT2D eigenvalue weighted by molar-refractivity contribution is -0.137. The summed E-state index contributed by atoms with van der Waals surface area (Å²) in [5.74, 6) is -0.467. The van der Waals surface area contributed by atoms with Crippen LogP contribution in [-0.2, 0) is 12.6 Å². The molecule has 4 aromatic rings. The summed E-state index contributed by atoms with van der Waals surface area (Å²) < 4.78 is 53.0. The normalized spacial score (nSPS) is 11.8. The van der Waals surface area contributed by atoms with Crippen molar-refractivity contribution in [2.75, 3.05) is 0 Å². The highest BCUT2D eigenvalue weighted by atomic mass is 19.4. The lowest BCUT2D eigenvalue weighted by atomic mass is 9.96. The van der Waals surface area contributed by atoms with Crippen molar-refractivity contribution in [1.29, 1.82) is 0 Å². The second-order valence-corrected chi connectivity index (χ2v) is 7.42. The van der Waals surface area contributed by atoms with Gasteiger partial charge in [0.1, 0.15) is 5.82 Å². The topological polar surface area (TPSA) is 0 Å². The Balaban J connectivity index is 1.65. The monoisotopic (exact) mass is 408 g/mol. The van der Waals surface area contributed by atoms with E-state index in [1.807, 2.05) is 18.2 Å². The molecular weight excluding hydrogens is 388 g/mol. The van der Waals surface area contributed by atoms with Crippen LogP contribution in [0.3, 0.4) is 0 Å². The highest BCUT2D eigenvalue weighted by Gasteiger charge is 2.30. The van der Waals surface area contributed by atoms with Gasteiger partial charge in [-0.25, -0.2) is 4.39 Å². The number of halogens is 4. The first kappa shape index (κ1) is 20.1. The molecule has 0 atom stereocenters. The van der Waals surface area contributed by atoms with Crippen molar-refractivity contribution in [3.63, 3.8) is 0 Å². The molecule has 0 aromatic heterocycles. The van der Waals surface area contributed by atoms with Gasteiger partial charge in [0.05, 0.1) is 5.56 Å². The molecule has 0 unspecified atom stereocenters. The molecule has 0 fully saturated rings. The predicted molar refractivity (Wildman–Crippen MR) is 114 cm³/mol. The Morgan fingerprint density at radius 3 is 1.93 bits per heavy atom. The van der Waals surface area contributed by atoms with Crippen molar-refractivity contribution >= 4 is 10.8 Å². The summed E-state index contributed by atoms with van der Waals surface area (Å²) in [5, 5.41) is 2.23. The van der Waals surface area contributed by atoms with Gasteiger partial charge in [-0.05, 0) is 63.7 Å². The van der Waals surface area contributed by atoms with Crippen molar-refractivity contribution < 1.29 is 17.6 Å². The van der Waals surface area contributed by atoms with Crippen molar-refractivity contribution in [2.45, 2.75) is 25.9 Å². The van der Waals surface area contributed by atoms with Crippen LogP contribution in [0.2, 0.25) is 0 Å². The maximum absolute atomic E-state index is 14.8. The van der Waals surface area contributed by atoms with Gasteiger partial charge in [-0.3, -0.25) is 0 Å². The zero-order chi connectivity index (χ0) is 21.3. The zero-order valence-corrected chi connectivity index (χ0v) is 16.4. The van der Waals surface area contributed by atoms with Crippen LogP contribution in [-0.4, -0.2) is 0 Å². The van der Waals surface area contributed by atoms with Crippen LogP contribution in [0.1, 0.15) is 24.5 Å². The van der Waals surface area contributed by atoms with E-state index in [-0.39, 0.29) is 5.56 Å². The Hall–Kier alpha value is -3.14. The van der Waals surface area contributed by atoms with E-state index in [1.54, 1.807) is 12.1 Å². The first-order chi connectivity index (χ1) is 14.3. The molecule has 4 aromatic carbocycles. The maximum atomic E-state index is 14.8. The summed E-state index contributed by atoms with van der Waals surface area (Å²) in [4.78, 5) is 0. The lowest BCUT2D eigenvalue weighted by Crippen LogP contribution is -2.04. The highest BCUT2D eigenvalue weighted by molar-refractivity contribution is 5.88. The van der Waals surface area contributed by atoms with Gasteiger partial charge in [-0.1, -0.05) is 67.9 Å². The van der Waals surface area contributed by atoms with Gasteiger partial charge < -0.3 is 0 Å². The highest BCUT2D eigenvalue weighted by Crippen LogP contribution is 2.33. The van der Waals surface area contributed by atoms with Crippen molar-refractivity contribution in [3.8, 4) is 22.3 Å². The molecule has 152 valence electrons. The first-order valence-electron chi connectivity index (χ1n) is 9.85. The minimum absolute atomic E-state index is 0.275. The average molecular weight is 408 g/mol. The maximum Gasteiger partial charge on any atom is 0.416 e. The van der Waals surface area contributed by atoms with E-state index < -0.39 is 17.6 Å². The summed E-state index contributed by atoms with van der Waals surface area (Å²) in [6, 6.07) is 21.8. The minimum atomic E-state index is -4.41. The molecule has 4 rings (SSSR count). The molecule has 0 amide bonds. The molecule has 0 aliphatic heterocycles. The fourth-order valence-electron chi connectivity index (χ4n) is 3.69. The molecule has 0 N–H and O–H groups in total. The van der Waals surface area contributed by atoms with Gasteiger partial charge in [-0.15, -0.1) is 0 Å². The minimum Gasteiger partial charge on any atom is -0.206 e. The molecular formula is C26H20F4. The van der Waals surface area contributed by atoms with E-state index in [1.165, 1.54) is 23.8 Å². The quantitative estimate of drug-likeness (QED) is 0.298. The third-order valence-electron chi connectivity index (χ3n) is 5.27. The molecule has 0 saturated heterocycles. The van der Waals surface area contributed by atoms with E-state index >= 15 is 0 Å². The van der Waals surface area contributed by atoms with E-state index in [2.05, 4.69) is 25.1 Å². The van der Waals surface area contributed by atoms with Gasteiger partial charge in [-0.2, -0.15) is 13.2 Å². The standard InChI is InChI=1S/C26H20F4/c1-2-3-17-4-5-20-15-21(7-6-19(20)14-17)22-10-13-24(25(27)16-22)18-8-11-23(12-9-18)26(28,29)30/h4-16H,2-3H2,1H3. The van der Waals surface area contributed by atoms with Crippen molar-refractivity contribution in [3.05, 3.63) is 95.8 Å². The number of benzene rings is 4. The Kier molecular flexibility index (Phi) is 5.33. The summed E-state index contributed by atoms with van der Waals surface area (Å²) in [6.07, 6.45) is -2.28. The molecule has 4 heteroatoms. The molecule has 0 aliphatic rings. The first-order valence-corrected chi connectivity index (χ1v) is 9.85. The number of hydrogen-bond acceptors (Lipinski definition) is 0. The Morgan fingerprint density at radius 2 is 1.27 bits per heavy atom. The van der Waals surface area contributed by atoms with E-state index in [0.29, 0.717) is 5.56 Å². The van der Waals surface area contributed by atoms with Crippen LogP contribution in [0.15, 0.2) is 78.9 Å². The van der Waals surface area contributed by atoms with Gasteiger partial charge in [0.25, 0.3) is 0 Å². The van der Waals surface area contributed by atoms with Crippen LogP contribution in [0.5, 0.6) is 0 Å². The molecule has 0 radical (unpaired) electrons. The second-order valence-electron chi connectivity index (χ2n) is 7.42. The third kappa shape index (κ3) is 4.09. The van der Waals surface area contributed by atoms with Crippen LogP contribution < -0.4 is 0 Å². The van der Waals surface area contributed by atoms with Gasteiger partial charge in [0, 0.05) is 5.56 Å². The Labute approximate surface area is 172 Å². The molecule has 30 heavy (non-hydrogen) atoms. The van der Waals surface area contributed by atoms with E-state index in [4.69, 9.17) is 0 Å². The SMILES string of the molecule is CCCc1ccc2cc(-c3ccc(-c4ccc(C(F)(F)F)cc4)c(F)c3)ccc2c1. The van der Waals surface area contributed by atoms with Crippen LogP contribution in [0, 0.1) is 5.82 Å². The largest absolute Gasteiger partial charge is 0.416 e. The summed E-state index contributed by atoms with van der Waals surface area (Å²) in [6.45, 7) is 2.15. The van der Waals surface area contributed by atoms with Crippen LogP contribution in [0.4, 0.5) is 17.6 Å². The van der Waals surface area contributed by atoms with Gasteiger partial charge in [0.2, 0.25) is 0 Å². The Morgan fingerprint density at radius 1 is 0.667 bits per heavy atom.